The minimum Gasteiger partial charge on any atom is -0.454 e. The van der Waals surface area contributed by atoms with Crippen molar-refractivity contribution in [2.45, 2.75) is 32.8 Å². The predicted molar refractivity (Wildman–Crippen MR) is 120 cm³/mol. The van der Waals surface area contributed by atoms with E-state index in [-0.39, 0.29) is 17.6 Å². The van der Waals surface area contributed by atoms with Gasteiger partial charge in [-0.15, -0.1) is 11.3 Å². The molecule has 0 fully saturated rings. The van der Waals surface area contributed by atoms with Gasteiger partial charge in [-0.1, -0.05) is 63.2 Å². The number of carbonyl (C=O) groups is 1. The molecule has 0 aliphatic carbocycles. The largest absolute Gasteiger partial charge is 0.454 e. The Kier molecular flexibility index (Phi) is 5.26. The van der Waals surface area contributed by atoms with Crippen LogP contribution in [-0.4, -0.2) is 15.9 Å². The van der Waals surface area contributed by atoms with Gasteiger partial charge >= 0.3 is 5.97 Å². The fourth-order valence-corrected chi connectivity index (χ4v) is 4.18. The highest BCUT2D eigenvalue weighted by Crippen LogP contribution is 2.30. The Morgan fingerprint density at radius 1 is 1.07 bits per heavy atom. The van der Waals surface area contributed by atoms with Gasteiger partial charge in [0.2, 0.25) is 0 Å². The lowest BCUT2D eigenvalue weighted by atomic mass is 9.87. The van der Waals surface area contributed by atoms with Crippen LogP contribution in [0.15, 0.2) is 64.8 Å². The standard InChI is InChI=1S/C24H22N2O3S/c1-24(2,3)17-11-9-16(10-12-17)23(28)29-13-19-25-21(27)20-18(14-30-22(20)26-19)15-7-5-4-6-8-15/h4-12,14H,13H2,1-3H3,(H,25,26,27). The van der Waals surface area contributed by atoms with E-state index in [1.165, 1.54) is 11.3 Å². The lowest BCUT2D eigenvalue weighted by Gasteiger charge is -2.18. The third kappa shape index (κ3) is 4.04. The highest BCUT2D eigenvalue weighted by molar-refractivity contribution is 7.17. The van der Waals surface area contributed by atoms with Crippen molar-refractivity contribution in [3.05, 3.63) is 87.3 Å². The van der Waals surface area contributed by atoms with Crippen LogP contribution in [0.3, 0.4) is 0 Å². The summed E-state index contributed by atoms with van der Waals surface area (Å²) in [6.45, 7) is 6.26. The van der Waals surface area contributed by atoms with Crippen LogP contribution in [0.2, 0.25) is 0 Å². The Bertz CT molecular complexity index is 1250. The summed E-state index contributed by atoms with van der Waals surface area (Å²) in [7, 11) is 0. The third-order valence-electron chi connectivity index (χ3n) is 4.90. The first kappa shape index (κ1) is 20.0. The smallest absolute Gasteiger partial charge is 0.338 e. The van der Waals surface area contributed by atoms with Crippen LogP contribution in [0.4, 0.5) is 0 Å². The lowest BCUT2D eigenvalue weighted by molar-refractivity contribution is 0.0462. The predicted octanol–water partition coefficient (Wildman–Crippen LogP) is 5.31. The number of benzene rings is 2. The topological polar surface area (TPSA) is 72.0 Å². The number of rotatable bonds is 4. The average Bonchev–Trinajstić information content (AvgIpc) is 3.17. The Balaban J connectivity index is 1.52. The van der Waals surface area contributed by atoms with E-state index in [0.29, 0.717) is 21.6 Å². The van der Waals surface area contributed by atoms with Crippen molar-refractivity contribution in [3.63, 3.8) is 0 Å². The Hall–Kier alpha value is -3.25. The van der Waals surface area contributed by atoms with E-state index < -0.39 is 5.97 Å². The van der Waals surface area contributed by atoms with Crippen LogP contribution in [0.1, 0.15) is 42.5 Å². The van der Waals surface area contributed by atoms with Crippen molar-refractivity contribution in [2.24, 2.45) is 0 Å². The van der Waals surface area contributed by atoms with Crippen LogP contribution in [0.5, 0.6) is 0 Å². The van der Waals surface area contributed by atoms with E-state index in [1.807, 2.05) is 47.8 Å². The van der Waals surface area contributed by atoms with E-state index in [4.69, 9.17) is 4.74 Å². The number of nitrogens with zero attached hydrogens (tertiary/aromatic N) is 1. The van der Waals surface area contributed by atoms with Crippen LogP contribution >= 0.6 is 11.3 Å². The second kappa shape index (κ2) is 7.88. The maximum absolute atomic E-state index is 12.7. The number of thiophene rings is 1. The maximum Gasteiger partial charge on any atom is 0.338 e. The molecule has 6 heteroatoms. The monoisotopic (exact) mass is 418 g/mol. The average molecular weight is 419 g/mol. The first-order chi connectivity index (χ1) is 14.3. The van der Waals surface area contributed by atoms with E-state index in [0.717, 1.165) is 16.7 Å². The van der Waals surface area contributed by atoms with Gasteiger partial charge in [0, 0.05) is 10.9 Å². The van der Waals surface area contributed by atoms with Gasteiger partial charge in [0.1, 0.15) is 17.3 Å². The molecular weight excluding hydrogens is 396 g/mol. The maximum atomic E-state index is 12.7. The van der Waals surface area contributed by atoms with Crippen molar-refractivity contribution in [3.8, 4) is 11.1 Å². The van der Waals surface area contributed by atoms with Crippen molar-refractivity contribution in [2.75, 3.05) is 0 Å². The minimum absolute atomic E-state index is 0.0144. The molecule has 0 saturated carbocycles. The van der Waals surface area contributed by atoms with Crippen LogP contribution in [0, 0.1) is 0 Å². The van der Waals surface area contributed by atoms with Crippen LogP contribution in [0.25, 0.3) is 21.3 Å². The minimum atomic E-state index is -0.450. The molecule has 30 heavy (non-hydrogen) atoms. The first-order valence-corrected chi connectivity index (χ1v) is 10.5. The van der Waals surface area contributed by atoms with Crippen LogP contribution < -0.4 is 5.56 Å². The lowest BCUT2D eigenvalue weighted by Crippen LogP contribution is -2.14. The number of esters is 1. The summed E-state index contributed by atoms with van der Waals surface area (Å²) in [6.07, 6.45) is 0. The number of ether oxygens (including phenoxy) is 1. The molecule has 2 heterocycles. The van der Waals surface area contributed by atoms with Gasteiger partial charge in [0.15, 0.2) is 0 Å². The zero-order valence-corrected chi connectivity index (χ0v) is 17.9. The Morgan fingerprint density at radius 3 is 2.43 bits per heavy atom. The van der Waals surface area contributed by atoms with E-state index >= 15 is 0 Å². The van der Waals surface area contributed by atoms with Gasteiger partial charge in [-0.05, 0) is 28.7 Å². The van der Waals surface area contributed by atoms with Crippen molar-refractivity contribution in [1.82, 2.24) is 9.97 Å². The SMILES string of the molecule is CC(C)(C)c1ccc(C(=O)OCc2nc3scc(-c4ccccc4)c3c(=O)[nH]2)cc1. The van der Waals surface area contributed by atoms with Crippen molar-refractivity contribution >= 4 is 27.5 Å². The second-order valence-electron chi connectivity index (χ2n) is 8.11. The zero-order chi connectivity index (χ0) is 21.3. The molecule has 0 aliphatic rings. The van der Waals surface area contributed by atoms with Crippen molar-refractivity contribution in [1.29, 1.82) is 0 Å². The Labute approximate surface area is 178 Å². The Morgan fingerprint density at radius 2 is 1.77 bits per heavy atom. The molecule has 0 amide bonds. The van der Waals surface area contributed by atoms with E-state index in [2.05, 4.69) is 30.7 Å². The van der Waals surface area contributed by atoms with Gasteiger partial charge in [0.25, 0.3) is 5.56 Å². The molecule has 4 aromatic rings. The molecule has 0 atom stereocenters. The number of aromatic amines is 1. The molecule has 0 bridgehead atoms. The van der Waals surface area contributed by atoms with Crippen molar-refractivity contribution < 1.29 is 9.53 Å². The summed E-state index contributed by atoms with van der Waals surface area (Å²) in [5.74, 6) is -0.122. The van der Waals surface area contributed by atoms with Gasteiger partial charge < -0.3 is 9.72 Å². The second-order valence-corrected chi connectivity index (χ2v) is 8.97. The normalized spacial score (nSPS) is 11.6. The summed E-state index contributed by atoms with van der Waals surface area (Å²) < 4.78 is 5.37. The number of H-pyrrole nitrogens is 1. The molecule has 152 valence electrons. The fourth-order valence-electron chi connectivity index (χ4n) is 3.22. The molecule has 0 unspecified atom stereocenters. The molecule has 2 aromatic carbocycles. The fraction of sp³-hybridized carbons (Fsp3) is 0.208. The third-order valence-corrected chi connectivity index (χ3v) is 5.78. The molecule has 4 rings (SSSR count). The first-order valence-electron chi connectivity index (χ1n) is 9.66. The summed E-state index contributed by atoms with van der Waals surface area (Å²) in [4.78, 5) is 32.9. The molecule has 0 spiro atoms. The van der Waals surface area contributed by atoms with Gasteiger partial charge in [-0.3, -0.25) is 4.79 Å². The van der Waals surface area contributed by atoms with E-state index in [1.54, 1.807) is 12.1 Å². The molecule has 0 aliphatic heterocycles. The summed E-state index contributed by atoms with van der Waals surface area (Å²) in [5.41, 5.74) is 3.21. The number of aromatic nitrogens is 2. The number of hydrogen-bond donors (Lipinski definition) is 1. The number of hydrogen-bond acceptors (Lipinski definition) is 5. The molecule has 5 nitrogen and oxygen atoms in total. The summed E-state index contributed by atoms with van der Waals surface area (Å²) in [5, 5.41) is 2.48. The number of carbonyl (C=O) groups excluding carboxylic acids is 1. The quantitative estimate of drug-likeness (QED) is 0.456. The number of fused-ring (bicyclic) bond motifs is 1. The van der Waals surface area contributed by atoms with Gasteiger partial charge in [-0.25, -0.2) is 9.78 Å². The highest BCUT2D eigenvalue weighted by atomic mass is 32.1. The van der Waals surface area contributed by atoms with E-state index in [9.17, 15) is 9.59 Å². The van der Waals surface area contributed by atoms with Gasteiger partial charge in [0.05, 0.1) is 10.9 Å². The molecule has 1 N–H and O–H groups in total. The van der Waals surface area contributed by atoms with Gasteiger partial charge in [-0.2, -0.15) is 0 Å². The molecule has 0 radical (unpaired) electrons. The highest BCUT2D eigenvalue weighted by Gasteiger charge is 2.16. The molecule has 0 saturated heterocycles. The number of nitrogens with one attached hydrogen (secondary N) is 1. The summed E-state index contributed by atoms with van der Waals surface area (Å²) >= 11 is 1.40. The molecular formula is C24H22N2O3S. The zero-order valence-electron chi connectivity index (χ0n) is 17.1. The van der Waals surface area contributed by atoms with Crippen LogP contribution in [-0.2, 0) is 16.8 Å². The molecule has 2 aromatic heterocycles. The summed E-state index contributed by atoms with van der Waals surface area (Å²) in [6, 6.07) is 17.1.